The molecule has 0 saturated carbocycles. The van der Waals surface area contributed by atoms with Crippen LogP contribution in [0.3, 0.4) is 0 Å². The number of rotatable bonds is 7. The summed E-state index contributed by atoms with van der Waals surface area (Å²) in [4.78, 5) is 11.9. The number of morpholine rings is 1. The molecule has 1 heterocycles. The molecule has 1 amide bonds. The number of hydrogen-bond acceptors (Lipinski definition) is 6. The van der Waals surface area contributed by atoms with Crippen LogP contribution in [0.4, 0.5) is 0 Å². The zero-order valence-electron chi connectivity index (χ0n) is 13.6. The molecule has 1 atom stereocenters. The largest absolute Gasteiger partial charge is 0.383 e. The fourth-order valence-electron chi connectivity index (χ4n) is 2.29. The summed E-state index contributed by atoms with van der Waals surface area (Å²) in [7, 11) is -2.03. The fourth-order valence-corrected chi connectivity index (χ4v) is 3.70. The summed E-state index contributed by atoms with van der Waals surface area (Å²) >= 11 is 0. The quantitative estimate of drug-likeness (QED) is 0.667. The van der Waals surface area contributed by atoms with Gasteiger partial charge in [0.1, 0.15) is 6.04 Å². The minimum atomic E-state index is -3.50. The molecular weight excluding hydrogens is 334 g/mol. The molecule has 0 radical (unpaired) electrons. The van der Waals surface area contributed by atoms with Crippen LogP contribution in [0, 0.1) is 0 Å². The van der Waals surface area contributed by atoms with Gasteiger partial charge in [-0.05, 0) is 17.7 Å². The number of carbonyl (C=O) groups excluding carboxylic acids is 1. The molecule has 9 heteroatoms. The maximum atomic E-state index is 12.5. The average Bonchev–Trinajstić information content (AvgIpc) is 2.61. The number of methoxy groups -OCH3 is 1. The van der Waals surface area contributed by atoms with Crippen molar-refractivity contribution in [2.45, 2.75) is 17.5 Å². The van der Waals surface area contributed by atoms with E-state index in [1.165, 1.54) is 11.4 Å². The molecule has 1 aliphatic rings. The van der Waals surface area contributed by atoms with Crippen molar-refractivity contribution in [3.05, 3.63) is 29.8 Å². The van der Waals surface area contributed by atoms with Gasteiger partial charge in [0.15, 0.2) is 0 Å². The van der Waals surface area contributed by atoms with Gasteiger partial charge >= 0.3 is 0 Å². The lowest BCUT2D eigenvalue weighted by Crippen LogP contribution is -2.43. The van der Waals surface area contributed by atoms with E-state index in [-0.39, 0.29) is 24.0 Å². The Labute approximate surface area is 142 Å². The molecule has 8 nitrogen and oxygen atoms in total. The third-order valence-electron chi connectivity index (χ3n) is 3.68. The SMILES string of the molecule is COCC(N)C(=O)NCc1ccc(S(=O)(=O)N2CCOCC2)cc1. The molecule has 1 unspecified atom stereocenters. The Morgan fingerprint density at radius 3 is 2.54 bits per heavy atom. The third kappa shape index (κ3) is 4.74. The van der Waals surface area contributed by atoms with Crippen LogP contribution in [0.15, 0.2) is 29.2 Å². The highest BCUT2D eigenvalue weighted by Gasteiger charge is 2.26. The molecule has 0 bridgehead atoms. The molecule has 0 aliphatic carbocycles. The third-order valence-corrected chi connectivity index (χ3v) is 5.59. The Bertz CT molecular complexity index is 642. The maximum Gasteiger partial charge on any atom is 0.243 e. The summed E-state index contributed by atoms with van der Waals surface area (Å²) in [5.41, 5.74) is 6.41. The highest BCUT2D eigenvalue weighted by Crippen LogP contribution is 2.17. The van der Waals surface area contributed by atoms with E-state index in [0.717, 1.165) is 5.56 Å². The molecule has 134 valence electrons. The first-order valence-electron chi connectivity index (χ1n) is 7.64. The van der Waals surface area contributed by atoms with Crippen LogP contribution in [-0.4, -0.2) is 64.7 Å². The van der Waals surface area contributed by atoms with Crippen LogP contribution in [0.2, 0.25) is 0 Å². The van der Waals surface area contributed by atoms with Crippen molar-refractivity contribution < 1.29 is 22.7 Å². The lowest BCUT2D eigenvalue weighted by atomic mass is 10.2. The normalized spacial score (nSPS) is 17.4. The molecule has 1 aliphatic heterocycles. The lowest BCUT2D eigenvalue weighted by Gasteiger charge is -2.26. The zero-order valence-corrected chi connectivity index (χ0v) is 14.4. The number of nitrogens with zero attached hydrogens (tertiary/aromatic N) is 1. The Morgan fingerprint density at radius 1 is 1.33 bits per heavy atom. The molecule has 2 rings (SSSR count). The van der Waals surface area contributed by atoms with E-state index in [2.05, 4.69) is 5.32 Å². The lowest BCUT2D eigenvalue weighted by molar-refractivity contribution is -0.123. The van der Waals surface area contributed by atoms with Gasteiger partial charge in [0.2, 0.25) is 15.9 Å². The second kappa shape index (κ2) is 8.54. The average molecular weight is 357 g/mol. The molecule has 0 spiro atoms. The topological polar surface area (TPSA) is 111 Å². The highest BCUT2D eigenvalue weighted by molar-refractivity contribution is 7.89. The summed E-state index contributed by atoms with van der Waals surface area (Å²) in [5.74, 6) is -0.318. The molecule has 0 aromatic heterocycles. The molecule has 1 aromatic rings. The fraction of sp³-hybridized carbons (Fsp3) is 0.533. The smallest absolute Gasteiger partial charge is 0.243 e. The predicted molar refractivity (Wildman–Crippen MR) is 87.7 cm³/mol. The van der Waals surface area contributed by atoms with Crippen molar-refractivity contribution >= 4 is 15.9 Å². The molecule has 1 aromatic carbocycles. The minimum absolute atomic E-state index is 0.141. The standard InChI is InChI=1S/C15H23N3O5S/c1-22-11-14(16)15(19)17-10-12-2-4-13(5-3-12)24(20,21)18-6-8-23-9-7-18/h2-5,14H,6-11,16H2,1H3,(H,17,19). The number of nitrogens with one attached hydrogen (secondary N) is 1. The van der Waals surface area contributed by atoms with Gasteiger partial charge in [0, 0.05) is 26.7 Å². The van der Waals surface area contributed by atoms with Crippen molar-refractivity contribution in [3.8, 4) is 0 Å². The number of benzene rings is 1. The molecule has 1 saturated heterocycles. The van der Waals surface area contributed by atoms with Gasteiger partial charge in [0.05, 0.1) is 24.7 Å². The van der Waals surface area contributed by atoms with E-state index in [1.807, 2.05) is 0 Å². The Morgan fingerprint density at radius 2 is 1.96 bits per heavy atom. The Kier molecular flexibility index (Phi) is 6.69. The van der Waals surface area contributed by atoms with E-state index >= 15 is 0 Å². The van der Waals surface area contributed by atoms with Crippen LogP contribution >= 0.6 is 0 Å². The van der Waals surface area contributed by atoms with Crippen LogP contribution in [0.1, 0.15) is 5.56 Å². The summed E-state index contributed by atoms with van der Waals surface area (Å²) in [6.07, 6.45) is 0. The molecule has 3 N–H and O–H groups in total. The highest BCUT2D eigenvalue weighted by atomic mass is 32.2. The first-order chi connectivity index (χ1) is 11.4. The van der Waals surface area contributed by atoms with Gasteiger partial charge in [-0.1, -0.05) is 12.1 Å². The Hall–Kier alpha value is -1.52. The number of amides is 1. The van der Waals surface area contributed by atoms with E-state index in [4.69, 9.17) is 15.2 Å². The molecular formula is C15H23N3O5S. The van der Waals surface area contributed by atoms with Crippen LogP contribution in [0.5, 0.6) is 0 Å². The zero-order chi connectivity index (χ0) is 17.6. The number of hydrogen-bond donors (Lipinski definition) is 2. The summed E-state index contributed by atoms with van der Waals surface area (Å²) < 4.78 is 36.4. The number of nitrogens with two attached hydrogens (primary N) is 1. The van der Waals surface area contributed by atoms with Crippen molar-refractivity contribution in [1.29, 1.82) is 0 Å². The van der Waals surface area contributed by atoms with E-state index in [1.54, 1.807) is 24.3 Å². The monoisotopic (exact) mass is 357 g/mol. The minimum Gasteiger partial charge on any atom is -0.383 e. The second-order valence-corrected chi connectivity index (χ2v) is 7.38. The van der Waals surface area contributed by atoms with E-state index in [0.29, 0.717) is 26.3 Å². The number of ether oxygens (including phenoxy) is 2. The van der Waals surface area contributed by atoms with Crippen LogP contribution in [-0.2, 0) is 30.8 Å². The van der Waals surface area contributed by atoms with Crippen LogP contribution < -0.4 is 11.1 Å². The van der Waals surface area contributed by atoms with E-state index in [9.17, 15) is 13.2 Å². The maximum absolute atomic E-state index is 12.5. The van der Waals surface area contributed by atoms with Gasteiger partial charge in [-0.3, -0.25) is 4.79 Å². The first kappa shape index (κ1) is 18.8. The van der Waals surface area contributed by atoms with Gasteiger partial charge in [0.25, 0.3) is 0 Å². The van der Waals surface area contributed by atoms with Crippen molar-refractivity contribution in [2.75, 3.05) is 40.0 Å². The first-order valence-corrected chi connectivity index (χ1v) is 9.08. The number of sulfonamides is 1. The molecule has 24 heavy (non-hydrogen) atoms. The molecule has 1 fully saturated rings. The predicted octanol–water partition coefficient (Wildman–Crippen LogP) is -0.703. The Balaban J connectivity index is 1.96. The number of carbonyl (C=O) groups is 1. The second-order valence-electron chi connectivity index (χ2n) is 5.44. The van der Waals surface area contributed by atoms with Crippen LogP contribution in [0.25, 0.3) is 0 Å². The summed E-state index contributed by atoms with van der Waals surface area (Å²) in [6, 6.07) is 5.71. The van der Waals surface area contributed by atoms with Crippen molar-refractivity contribution in [3.63, 3.8) is 0 Å². The van der Waals surface area contributed by atoms with Gasteiger partial charge in [-0.15, -0.1) is 0 Å². The summed E-state index contributed by atoms with van der Waals surface area (Å²) in [6.45, 7) is 1.95. The van der Waals surface area contributed by atoms with Gasteiger partial charge in [-0.2, -0.15) is 4.31 Å². The van der Waals surface area contributed by atoms with E-state index < -0.39 is 16.1 Å². The van der Waals surface area contributed by atoms with Gasteiger partial charge in [-0.25, -0.2) is 8.42 Å². The van der Waals surface area contributed by atoms with Gasteiger partial charge < -0.3 is 20.5 Å². The summed E-state index contributed by atoms with van der Waals surface area (Å²) in [5, 5.41) is 2.68. The van der Waals surface area contributed by atoms with Crippen molar-refractivity contribution in [1.82, 2.24) is 9.62 Å². The van der Waals surface area contributed by atoms with Crippen molar-refractivity contribution in [2.24, 2.45) is 5.73 Å².